The molecule has 0 aliphatic heterocycles. The first-order valence-electron chi connectivity index (χ1n) is 19.4. The second-order valence-corrected chi connectivity index (χ2v) is 12.3. The number of aliphatic imine (C=N–C) groups is 2. The summed E-state index contributed by atoms with van der Waals surface area (Å²) in [6, 6.07) is -1.72. The molecular weight excluding hydrogens is 724 g/mol. The zero-order valence-electron chi connectivity index (χ0n) is 32.6. The van der Waals surface area contributed by atoms with E-state index in [1.807, 2.05) is 0 Å². The third kappa shape index (κ3) is 31.6. The number of ether oxygens (including phenoxy) is 7. The highest BCUT2D eigenvalue weighted by Gasteiger charge is 2.19. The monoisotopic (exact) mass is 784 g/mol. The second kappa shape index (κ2) is 36.5. The molecule has 0 spiro atoms. The molecule has 0 saturated carbocycles. The zero-order chi connectivity index (χ0) is 40.8. The van der Waals surface area contributed by atoms with Crippen molar-refractivity contribution in [3.05, 3.63) is 0 Å². The molecule has 17 nitrogen and oxygen atoms in total. The van der Waals surface area contributed by atoms with Crippen molar-refractivity contribution in [2.45, 2.75) is 142 Å². The lowest BCUT2D eigenvalue weighted by Gasteiger charge is -2.09. The highest BCUT2D eigenvalue weighted by atomic mass is 16.6. The van der Waals surface area contributed by atoms with Crippen LogP contribution in [0.4, 0.5) is 0 Å². The van der Waals surface area contributed by atoms with E-state index < -0.39 is 24.0 Å². The summed E-state index contributed by atoms with van der Waals surface area (Å²) in [5.41, 5.74) is 0. The molecular formula is C38H60N2O15. The van der Waals surface area contributed by atoms with Crippen LogP contribution in [0.2, 0.25) is 0 Å². The number of isocyanates is 2. The third-order valence-electron chi connectivity index (χ3n) is 7.81. The number of carbonyl (C=O) groups excluding carboxylic acids is 8. The molecule has 2 atom stereocenters. The molecule has 0 aromatic heterocycles. The van der Waals surface area contributed by atoms with Gasteiger partial charge in [-0.05, 0) is 78.1 Å². The summed E-state index contributed by atoms with van der Waals surface area (Å²) in [6.45, 7) is 4.77. The Morgan fingerprint density at radius 1 is 0.418 bits per heavy atom. The average Bonchev–Trinajstić information content (AvgIpc) is 3.16. The van der Waals surface area contributed by atoms with Crippen LogP contribution in [0.15, 0.2) is 9.98 Å². The van der Waals surface area contributed by atoms with E-state index in [4.69, 9.17) is 33.2 Å². The molecule has 0 aromatic carbocycles. The summed E-state index contributed by atoms with van der Waals surface area (Å²) >= 11 is 0. The van der Waals surface area contributed by atoms with Crippen molar-refractivity contribution in [3.8, 4) is 0 Å². The molecule has 0 aliphatic carbocycles. The van der Waals surface area contributed by atoms with E-state index in [1.165, 1.54) is 12.2 Å². The van der Waals surface area contributed by atoms with Crippen LogP contribution in [0.3, 0.4) is 0 Å². The SMILES string of the molecule is CCOC(=O)C(CCCCCC(=O)OCCCCCC(=O)OCCOCCOC(=O)CCCCCOC(=O)CCCCCC(N=C=O)C(=O)OCC)N=C=O. The molecule has 2 unspecified atom stereocenters. The molecule has 0 rings (SSSR count). The lowest BCUT2D eigenvalue weighted by molar-refractivity contribution is -0.148. The lowest BCUT2D eigenvalue weighted by atomic mass is 10.1. The highest BCUT2D eigenvalue weighted by molar-refractivity contribution is 5.77. The fraction of sp³-hybridized carbons (Fsp3) is 0.789. The van der Waals surface area contributed by atoms with E-state index in [2.05, 4.69) is 9.98 Å². The fourth-order valence-corrected chi connectivity index (χ4v) is 4.93. The maximum absolute atomic E-state index is 11.9. The van der Waals surface area contributed by atoms with Crippen LogP contribution < -0.4 is 0 Å². The van der Waals surface area contributed by atoms with Crippen LogP contribution in [0.1, 0.15) is 129 Å². The van der Waals surface area contributed by atoms with Crippen LogP contribution in [-0.4, -0.2) is 113 Å². The largest absolute Gasteiger partial charge is 0.466 e. The van der Waals surface area contributed by atoms with Crippen molar-refractivity contribution in [2.75, 3.05) is 52.9 Å². The van der Waals surface area contributed by atoms with E-state index in [0.29, 0.717) is 89.9 Å². The van der Waals surface area contributed by atoms with Crippen LogP contribution in [0.5, 0.6) is 0 Å². The molecule has 0 fully saturated rings. The lowest BCUT2D eigenvalue weighted by Crippen LogP contribution is -2.21. The van der Waals surface area contributed by atoms with E-state index in [1.54, 1.807) is 13.8 Å². The summed E-state index contributed by atoms with van der Waals surface area (Å²) in [4.78, 5) is 98.9. The number of unbranched alkanes of at least 4 members (excludes halogenated alkanes) is 8. The summed E-state index contributed by atoms with van der Waals surface area (Å²) in [6.07, 6.45) is 12.0. The van der Waals surface area contributed by atoms with Gasteiger partial charge in [-0.15, -0.1) is 0 Å². The number of carbonyl (C=O) groups is 6. The van der Waals surface area contributed by atoms with Crippen molar-refractivity contribution in [2.24, 2.45) is 9.98 Å². The number of rotatable bonds is 36. The van der Waals surface area contributed by atoms with Crippen molar-refractivity contribution >= 4 is 48.0 Å². The van der Waals surface area contributed by atoms with Gasteiger partial charge in [0.2, 0.25) is 12.2 Å². The fourth-order valence-electron chi connectivity index (χ4n) is 4.93. The third-order valence-corrected chi connectivity index (χ3v) is 7.81. The Kier molecular flexibility index (Phi) is 33.6. The van der Waals surface area contributed by atoms with Gasteiger partial charge in [0, 0.05) is 25.7 Å². The van der Waals surface area contributed by atoms with Gasteiger partial charge in [-0.2, -0.15) is 9.98 Å². The smallest absolute Gasteiger partial charge is 0.331 e. The molecule has 0 amide bonds. The number of nitrogens with zero attached hydrogens (tertiary/aromatic N) is 2. The van der Waals surface area contributed by atoms with E-state index in [9.17, 15) is 38.4 Å². The van der Waals surface area contributed by atoms with Gasteiger partial charge < -0.3 is 33.2 Å². The first-order valence-corrected chi connectivity index (χ1v) is 19.4. The van der Waals surface area contributed by atoms with Gasteiger partial charge in [-0.1, -0.05) is 25.7 Å². The Morgan fingerprint density at radius 3 is 1.07 bits per heavy atom. The predicted molar refractivity (Wildman–Crippen MR) is 195 cm³/mol. The molecule has 0 aromatic rings. The van der Waals surface area contributed by atoms with E-state index >= 15 is 0 Å². The Morgan fingerprint density at radius 2 is 0.745 bits per heavy atom. The number of hydrogen-bond acceptors (Lipinski definition) is 17. The summed E-state index contributed by atoms with van der Waals surface area (Å²) < 4.78 is 35.7. The molecule has 0 heterocycles. The topological polar surface area (TPSA) is 226 Å². The van der Waals surface area contributed by atoms with Gasteiger partial charge in [-0.25, -0.2) is 19.2 Å². The quantitative estimate of drug-likeness (QED) is 0.0275. The number of esters is 6. The highest BCUT2D eigenvalue weighted by Crippen LogP contribution is 2.12. The molecule has 0 bridgehead atoms. The van der Waals surface area contributed by atoms with Crippen molar-refractivity contribution in [1.29, 1.82) is 0 Å². The minimum absolute atomic E-state index is 0.0816. The minimum atomic E-state index is -0.862. The molecule has 312 valence electrons. The standard InChI is InChI=1S/C38H60N2O15/c1-3-50-37(47)31(39-29-41)17-9-5-11-19-33(43)52-23-15-7-13-21-35(45)54-27-25-49-26-28-55-36(46)22-14-8-16-24-53-34(44)20-12-6-10-18-32(40-30-42)38(48)51-4-2/h31-32H,3-28H2,1-2H3. The normalized spacial score (nSPS) is 11.5. The first-order chi connectivity index (χ1) is 26.7. The minimum Gasteiger partial charge on any atom is -0.466 e. The van der Waals surface area contributed by atoms with Crippen LogP contribution in [0.25, 0.3) is 0 Å². The molecule has 0 aliphatic rings. The predicted octanol–water partition coefficient (Wildman–Crippen LogP) is 4.73. The second-order valence-electron chi connectivity index (χ2n) is 12.3. The van der Waals surface area contributed by atoms with Gasteiger partial charge >= 0.3 is 35.8 Å². The molecule has 0 radical (unpaired) electrons. The molecule has 17 heteroatoms. The zero-order valence-corrected chi connectivity index (χ0v) is 32.6. The van der Waals surface area contributed by atoms with Crippen LogP contribution >= 0.6 is 0 Å². The molecule has 0 saturated heterocycles. The van der Waals surface area contributed by atoms with Gasteiger partial charge in [0.05, 0.1) is 39.6 Å². The van der Waals surface area contributed by atoms with Gasteiger partial charge in [0.1, 0.15) is 13.2 Å². The van der Waals surface area contributed by atoms with Crippen molar-refractivity contribution < 1.29 is 71.5 Å². The van der Waals surface area contributed by atoms with E-state index in [0.717, 1.165) is 0 Å². The summed E-state index contributed by atoms with van der Waals surface area (Å²) in [5.74, 6) is -2.45. The summed E-state index contributed by atoms with van der Waals surface area (Å²) in [5, 5.41) is 0. The molecule has 0 N–H and O–H groups in total. The Hall–Kier alpha value is -4.46. The Bertz CT molecular complexity index is 1110. The molecule has 55 heavy (non-hydrogen) atoms. The number of hydrogen-bond donors (Lipinski definition) is 0. The van der Waals surface area contributed by atoms with Gasteiger partial charge in [-0.3, -0.25) is 19.2 Å². The van der Waals surface area contributed by atoms with E-state index in [-0.39, 0.29) is 102 Å². The van der Waals surface area contributed by atoms with Gasteiger partial charge in [0.15, 0.2) is 12.1 Å². The maximum Gasteiger partial charge on any atom is 0.331 e. The van der Waals surface area contributed by atoms with Crippen LogP contribution in [-0.2, 0) is 71.5 Å². The Labute approximate surface area is 323 Å². The Balaban J connectivity index is 3.61. The van der Waals surface area contributed by atoms with Crippen LogP contribution in [0, 0.1) is 0 Å². The summed E-state index contributed by atoms with van der Waals surface area (Å²) in [7, 11) is 0. The maximum atomic E-state index is 11.9. The van der Waals surface area contributed by atoms with Crippen molar-refractivity contribution in [3.63, 3.8) is 0 Å². The first kappa shape index (κ1) is 50.5. The van der Waals surface area contributed by atoms with Crippen molar-refractivity contribution in [1.82, 2.24) is 0 Å². The van der Waals surface area contributed by atoms with Gasteiger partial charge in [0.25, 0.3) is 0 Å². The average molecular weight is 785 g/mol.